The second-order valence-corrected chi connectivity index (χ2v) is 12.5. The van der Waals surface area contributed by atoms with E-state index in [1.807, 2.05) is 91.0 Å². The first-order valence-electron chi connectivity index (χ1n) is 14.7. The fourth-order valence-corrected chi connectivity index (χ4v) is 5.14. The Morgan fingerprint density at radius 1 is 1.12 bits per heavy atom. The van der Waals surface area contributed by atoms with Crippen LogP contribution in [0.2, 0.25) is 0 Å². The molecular weight excluding hydrogens is 549 g/mol. The Labute approximate surface area is 253 Å². The van der Waals surface area contributed by atoms with Crippen LogP contribution in [0.4, 0.5) is 4.39 Å². The number of aromatic nitrogens is 2. The Morgan fingerprint density at radius 3 is 2.42 bits per heavy atom. The van der Waals surface area contributed by atoms with Crippen LogP contribution in [-0.4, -0.2) is 45.3 Å². The minimum absolute atomic E-state index is 0.0571. The number of hydrogen-bond donors (Lipinski definition) is 1. The van der Waals surface area contributed by atoms with Crippen molar-refractivity contribution in [3.8, 4) is 5.69 Å². The maximum atomic E-state index is 13.8. The van der Waals surface area contributed by atoms with Crippen LogP contribution in [0.1, 0.15) is 94.5 Å². The normalized spacial score (nSPS) is 18.6. The van der Waals surface area contributed by atoms with Gasteiger partial charge in [0.05, 0.1) is 30.0 Å². The number of carbonyl (C=O) groups excluding carboxylic acids is 2. The lowest BCUT2D eigenvalue weighted by molar-refractivity contribution is -0.290. The molecule has 43 heavy (non-hydrogen) atoms. The van der Waals surface area contributed by atoms with Crippen molar-refractivity contribution in [1.82, 2.24) is 15.1 Å². The van der Waals surface area contributed by atoms with Crippen LogP contribution in [0.25, 0.3) is 11.8 Å². The van der Waals surface area contributed by atoms with Gasteiger partial charge in [-0.3, -0.25) is 9.59 Å². The number of carbonyl (C=O) groups is 2. The quantitative estimate of drug-likeness (QED) is 0.278. The highest BCUT2D eigenvalue weighted by Crippen LogP contribution is 2.32. The summed E-state index contributed by atoms with van der Waals surface area (Å²) in [6.07, 6.45) is 3.54. The van der Waals surface area contributed by atoms with Crippen LogP contribution in [-0.2, 0) is 25.5 Å². The minimum atomic E-state index is -0.930. The molecule has 1 aliphatic heterocycles. The lowest BCUT2D eigenvalue weighted by Crippen LogP contribution is -2.45. The second-order valence-electron chi connectivity index (χ2n) is 12.5. The van der Waals surface area contributed by atoms with E-state index in [4.69, 9.17) is 19.3 Å². The Balaban J connectivity index is 1.66. The number of amides is 1. The van der Waals surface area contributed by atoms with Crippen LogP contribution in [0.3, 0.4) is 0 Å². The molecule has 4 rings (SSSR count). The third kappa shape index (κ3) is 8.84. The molecule has 2 atom stereocenters. The van der Waals surface area contributed by atoms with E-state index in [1.165, 1.54) is 12.1 Å². The lowest BCUT2D eigenvalue weighted by Gasteiger charge is -2.39. The molecule has 0 spiro atoms. The summed E-state index contributed by atoms with van der Waals surface area (Å²) in [5.41, 5.74) is 2.73. The minimum Gasteiger partial charge on any atom is -0.460 e. The van der Waals surface area contributed by atoms with Gasteiger partial charge < -0.3 is 19.5 Å². The number of halogens is 1. The molecule has 2 unspecified atom stereocenters. The molecule has 1 N–H and O–H groups in total. The first-order chi connectivity index (χ1) is 20.2. The average Bonchev–Trinajstić information content (AvgIpc) is 3.29. The SMILES string of the molecule is CC(C)c1c(C(=O)NCc2ccccc2)nn(-c2ccc(F)cc2)c1C=CC1CC(CC(=O)OC(C)(C)C)OC(C)(C)O1. The van der Waals surface area contributed by atoms with Crippen molar-refractivity contribution in [2.24, 2.45) is 0 Å². The van der Waals surface area contributed by atoms with Gasteiger partial charge in [0, 0.05) is 18.5 Å². The summed E-state index contributed by atoms with van der Waals surface area (Å²) < 4.78 is 33.2. The van der Waals surface area contributed by atoms with Crippen molar-refractivity contribution in [2.45, 2.75) is 97.4 Å². The van der Waals surface area contributed by atoms with E-state index in [-0.39, 0.29) is 36.1 Å². The first-order valence-corrected chi connectivity index (χ1v) is 14.7. The van der Waals surface area contributed by atoms with E-state index < -0.39 is 17.5 Å². The topological polar surface area (TPSA) is 91.7 Å². The zero-order valence-corrected chi connectivity index (χ0v) is 26.0. The molecule has 3 aromatic rings. The number of rotatable bonds is 9. The maximum Gasteiger partial charge on any atom is 0.308 e. The molecule has 1 amide bonds. The van der Waals surface area contributed by atoms with Crippen molar-refractivity contribution >= 4 is 18.0 Å². The highest BCUT2D eigenvalue weighted by molar-refractivity contribution is 5.95. The molecular formula is C34H42FN3O5. The zero-order valence-electron chi connectivity index (χ0n) is 26.0. The van der Waals surface area contributed by atoms with Crippen molar-refractivity contribution in [3.63, 3.8) is 0 Å². The number of nitrogens with zero attached hydrogens (tertiary/aromatic N) is 2. The number of esters is 1. The average molecular weight is 592 g/mol. The van der Waals surface area contributed by atoms with E-state index in [9.17, 15) is 14.0 Å². The zero-order chi connectivity index (χ0) is 31.4. The fraction of sp³-hybridized carbons (Fsp3) is 0.441. The Kier molecular flexibility index (Phi) is 9.87. The molecule has 9 heteroatoms. The van der Waals surface area contributed by atoms with E-state index >= 15 is 0 Å². The van der Waals surface area contributed by atoms with Crippen molar-refractivity contribution < 1.29 is 28.2 Å². The van der Waals surface area contributed by atoms with Gasteiger partial charge >= 0.3 is 5.97 Å². The monoisotopic (exact) mass is 591 g/mol. The summed E-state index contributed by atoms with van der Waals surface area (Å²) in [4.78, 5) is 26.0. The maximum absolute atomic E-state index is 13.8. The molecule has 230 valence electrons. The van der Waals surface area contributed by atoms with E-state index in [0.717, 1.165) is 11.1 Å². The molecule has 1 aliphatic rings. The van der Waals surface area contributed by atoms with E-state index in [2.05, 4.69) is 5.32 Å². The number of benzene rings is 2. The molecule has 2 aromatic carbocycles. The van der Waals surface area contributed by atoms with Crippen LogP contribution in [0, 0.1) is 5.82 Å². The number of nitrogens with one attached hydrogen (secondary N) is 1. The summed E-state index contributed by atoms with van der Waals surface area (Å²) in [6.45, 7) is 13.5. The Hall–Kier alpha value is -3.82. The first kappa shape index (κ1) is 32.1. The van der Waals surface area contributed by atoms with E-state index in [0.29, 0.717) is 30.0 Å². The number of hydrogen-bond acceptors (Lipinski definition) is 6. The predicted molar refractivity (Wildman–Crippen MR) is 163 cm³/mol. The van der Waals surface area contributed by atoms with Crippen molar-refractivity contribution in [3.05, 3.63) is 89.0 Å². The van der Waals surface area contributed by atoms with Gasteiger partial charge in [0.15, 0.2) is 11.5 Å². The van der Waals surface area contributed by atoms with Gasteiger partial charge in [-0.2, -0.15) is 5.10 Å². The second kappa shape index (κ2) is 13.2. The summed E-state index contributed by atoms with van der Waals surface area (Å²) >= 11 is 0. The van der Waals surface area contributed by atoms with Gasteiger partial charge in [0.2, 0.25) is 0 Å². The molecule has 1 saturated heterocycles. The molecule has 0 radical (unpaired) electrons. The molecule has 8 nitrogen and oxygen atoms in total. The largest absolute Gasteiger partial charge is 0.460 e. The third-order valence-electron chi connectivity index (χ3n) is 6.78. The van der Waals surface area contributed by atoms with Crippen LogP contribution < -0.4 is 5.32 Å². The standard InChI is InChI=1S/C34H42FN3O5/c1-22(2)30-28(18-17-26-19-27(42-34(6,7)41-26)20-29(39)43-33(3,4)5)38(25-15-13-24(35)14-16-25)37-31(30)32(40)36-21-23-11-9-8-10-12-23/h8-18,22,26-27H,19-21H2,1-7H3,(H,36,40). The van der Waals surface area contributed by atoms with Gasteiger partial charge in [-0.25, -0.2) is 9.07 Å². The van der Waals surface area contributed by atoms with Crippen LogP contribution in [0.5, 0.6) is 0 Å². The summed E-state index contributed by atoms with van der Waals surface area (Å²) in [5, 5.41) is 7.71. The van der Waals surface area contributed by atoms with Gasteiger partial charge in [-0.1, -0.05) is 50.3 Å². The highest BCUT2D eigenvalue weighted by Gasteiger charge is 2.36. The number of ether oxygens (including phenoxy) is 3. The Morgan fingerprint density at radius 2 is 1.79 bits per heavy atom. The summed E-state index contributed by atoms with van der Waals surface area (Å²) in [7, 11) is 0. The van der Waals surface area contributed by atoms with Crippen molar-refractivity contribution in [1.29, 1.82) is 0 Å². The molecule has 0 bridgehead atoms. The van der Waals surface area contributed by atoms with E-state index in [1.54, 1.807) is 16.8 Å². The van der Waals surface area contributed by atoms with Crippen LogP contribution in [0.15, 0.2) is 60.7 Å². The molecule has 0 aliphatic carbocycles. The molecule has 2 heterocycles. The third-order valence-corrected chi connectivity index (χ3v) is 6.78. The van der Waals surface area contributed by atoms with Crippen molar-refractivity contribution in [2.75, 3.05) is 0 Å². The fourth-order valence-electron chi connectivity index (χ4n) is 5.14. The highest BCUT2D eigenvalue weighted by atomic mass is 19.1. The lowest BCUT2D eigenvalue weighted by atomic mass is 9.98. The van der Waals surface area contributed by atoms with Gasteiger partial charge in [-0.15, -0.1) is 0 Å². The summed E-state index contributed by atoms with van der Waals surface area (Å²) in [6, 6.07) is 15.6. The van der Waals surface area contributed by atoms with Crippen LogP contribution >= 0.6 is 0 Å². The van der Waals surface area contributed by atoms with Gasteiger partial charge in [-0.05, 0) is 76.4 Å². The molecule has 0 saturated carbocycles. The predicted octanol–water partition coefficient (Wildman–Crippen LogP) is 6.72. The Bertz CT molecular complexity index is 1440. The summed E-state index contributed by atoms with van der Waals surface area (Å²) in [5.74, 6) is -1.99. The van der Waals surface area contributed by atoms with Gasteiger partial charge in [0.25, 0.3) is 5.91 Å². The molecule has 1 aromatic heterocycles. The smallest absolute Gasteiger partial charge is 0.308 e. The molecule has 1 fully saturated rings. The van der Waals surface area contributed by atoms with Gasteiger partial charge in [0.1, 0.15) is 11.4 Å².